The minimum Gasteiger partial charge on any atom is -0.470 e. The Labute approximate surface area is 203 Å². The Kier molecular flexibility index (Phi) is 9.32. The number of nitrogens with one attached hydrogen (secondary N) is 1. The third kappa shape index (κ3) is 6.58. The molecule has 1 aromatic carbocycles. The molecule has 0 saturated carbocycles. The Morgan fingerprint density at radius 3 is 2.73 bits per heavy atom. The van der Waals surface area contributed by atoms with Crippen molar-refractivity contribution in [2.45, 2.75) is 38.3 Å². The normalized spacial score (nSPS) is 15.5. The maximum Gasteiger partial charge on any atom is 0.322 e. The van der Waals surface area contributed by atoms with Crippen molar-refractivity contribution in [3.8, 4) is 5.88 Å². The topological polar surface area (TPSA) is 83.5 Å². The van der Waals surface area contributed by atoms with Crippen LogP contribution in [0.2, 0.25) is 0 Å². The first kappa shape index (κ1) is 24.8. The van der Waals surface area contributed by atoms with Gasteiger partial charge in [0.1, 0.15) is 6.61 Å². The molecule has 1 fully saturated rings. The lowest BCUT2D eigenvalue weighted by Crippen LogP contribution is -2.55. The third-order valence-electron chi connectivity index (χ3n) is 5.08. The minimum absolute atomic E-state index is 0.0206. The maximum atomic E-state index is 12.8. The highest BCUT2D eigenvalue weighted by atomic mass is 32.2. The van der Waals surface area contributed by atoms with Gasteiger partial charge in [-0.05, 0) is 49.1 Å². The summed E-state index contributed by atoms with van der Waals surface area (Å²) in [4.78, 5) is 22.0. The Morgan fingerprint density at radius 2 is 2.00 bits per heavy atom. The van der Waals surface area contributed by atoms with Crippen LogP contribution in [-0.2, 0) is 6.61 Å². The van der Waals surface area contributed by atoms with Gasteiger partial charge in [-0.15, -0.1) is 16.1 Å². The van der Waals surface area contributed by atoms with Crippen molar-refractivity contribution >= 4 is 41.0 Å². The summed E-state index contributed by atoms with van der Waals surface area (Å²) >= 11 is 2.79. The quantitative estimate of drug-likeness (QED) is 0.491. The van der Waals surface area contributed by atoms with Crippen LogP contribution in [-0.4, -0.2) is 56.6 Å². The van der Waals surface area contributed by atoms with Crippen molar-refractivity contribution in [2.24, 2.45) is 0 Å². The van der Waals surface area contributed by atoms with E-state index in [1.165, 1.54) is 0 Å². The first-order chi connectivity index (χ1) is 16.1. The van der Waals surface area contributed by atoms with E-state index in [0.29, 0.717) is 32.1 Å². The molecule has 3 heterocycles. The number of pyridine rings is 1. The highest BCUT2D eigenvalue weighted by molar-refractivity contribution is 7.98. The summed E-state index contributed by atoms with van der Waals surface area (Å²) in [7, 11) is 0. The number of urea groups is 1. The molecule has 4 rings (SSSR count). The van der Waals surface area contributed by atoms with Crippen LogP contribution in [0.15, 0.2) is 53.7 Å². The van der Waals surface area contributed by atoms with E-state index >= 15 is 0 Å². The van der Waals surface area contributed by atoms with Crippen molar-refractivity contribution in [1.82, 2.24) is 18.6 Å². The monoisotopic (exact) mass is 486 g/mol. The molecule has 1 unspecified atom stereocenters. The van der Waals surface area contributed by atoms with Gasteiger partial charge in [-0.3, -0.25) is 4.98 Å². The van der Waals surface area contributed by atoms with Gasteiger partial charge in [0.05, 0.1) is 11.7 Å². The van der Waals surface area contributed by atoms with Crippen LogP contribution in [0.1, 0.15) is 26.3 Å². The SMILES string of the molecule is CC.CSc1cccc(NC(=O)N2CCN(c3nsnc3OCc3ccncc3)CC2C)c1. The number of amides is 2. The van der Waals surface area contributed by atoms with Gasteiger partial charge in [-0.25, -0.2) is 4.79 Å². The molecule has 1 aliphatic rings. The summed E-state index contributed by atoms with van der Waals surface area (Å²) in [5.74, 6) is 1.26. The van der Waals surface area contributed by atoms with Crippen molar-refractivity contribution in [3.63, 3.8) is 0 Å². The second kappa shape index (κ2) is 12.4. The standard InChI is InChI=1S/C21H24N6O2S2.C2H6/c1-15-13-26(19-20(25-31-24-19)29-14-16-6-8-22-9-7-16)10-11-27(15)21(28)23-17-4-3-5-18(12-17)30-2;1-2/h3-9,12,15H,10-11,13-14H2,1-2H3,(H,23,28);1-2H3. The molecule has 10 heteroatoms. The maximum absolute atomic E-state index is 12.8. The Bertz CT molecular complexity index is 1020. The van der Waals surface area contributed by atoms with Gasteiger partial charge in [0, 0.05) is 48.7 Å². The molecule has 8 nitrogen and oxygen atoms in total. The van der Waals surface area contributed by atoms with Gasteiger partial charge in [-0.2, -0.15) is 4.37 Å². The Morgan fingerprint density at radius 1 is 1.21 bits per heavy atom. The van der Waals surface area contributed by atoms with Gasteiger partial charge in [0.25, 0.3) is 5.88 Å². The molecule has 33 heavy (non-hydrogen) atoms. The number of piperazine rings is 1. The number of carbonyl (C=O) groups is 1. The van der Waals surface area contributed by atoms with E-state index in [0.717, 1.165) is 33.7 Å². The number of ether oxygens (including phenoxy) is 1. The van der Waals surface area contributed by atoms with Crippen molar-refractivity contribution in [1.29, 1.82) is 0 Å². The van der Waals surface area contributed by atoms with Crippen LogP contribution in [0.25, 0.3) is 0 Å². The molecule has 2 aromatic heterocycles. The van der Waals surface area contributed by atoms with Crippen LogP contribution in [0.5, 0.6) is 5.88 Å². The van der Waals surface area contributed by atoms with Crippen LogP contribution < -0.4 is 15.0 Å². The largest absolute Gasteiger partial charge is 0.470 e. The Balaban J connectivity index is 0.00000149. The van der Waals surface area contributed by atoms with Crippen LogP contribution in [0.3, 0.4) is 0 Å². The number of carbonyl (C=O) groups excluding carboxylic acids is 1. The summed E-state index contributed by atoms with van der Waals surface area (Å²) in [6, 6.07) is 11.6. The number of rotatable bonds is 6. The number of anilines is 2. The third-order valence-corrected chi connectivity index (χ3v) is 6.30. The average Bonchev–Trinajstić information content (AvgIpc) is 3.33. The lowest BCUT2D eigenvalue weighted by molar-refractivity contribution is 0.184. The highest BCUT2D eigenvalue weighted by Gasteiger charge is 2.30. The lowest BCUT2D eigenvalue weighted by Gasteiger charge is -2.39. The molecule has 0 bridgehead atoms. The molecule has 1 N–H and O–H groups in total. The molecule has 1 saturated heterocycles. The van der Waals surface area contributed by atoms with E-state index in [1.54, 1.807) is 24.2 Å². The molecule has 0 aliphatic carbocycles. The second-order valence-electron chi connectivity index (χ2n) is 7.19. The zero-order chi connectivity index (χ0) is 23.6. The fourth-order valence-electron chi connectivity index (χ4n) is 3.44. The zero-order valence-corrected chi connectivity index (χ0v) is 21.0. The van der Waals surface area contributed by atoms with E-state index in [4.69, 9.17) is 4.74 Å². The van der Waals surface area contributed by atoms with Crippen molar-refractivity contribution in [3.05, 3.63) is 54.4 Å². The summed E-state index contributed by atoms with van der Waals surface area (Å²) in [5, 5.41) is 3.02. The van der Waals surface area contributed by atoms with E-state index in [2.05, 4.69) is 23.9 Å². The number of hydrogen-bond donors (Lipinski definition) is 1. The first-order valence-electron chi connectivity index (χ1n) is 10.9. The van der Waals surface area contributed by atoms with Gasteiger partial charge < -0.3 is 19.9 Å². The van der Waals surface area contributed by atoms with Crippen molar-refractivity contribution in [2.75, 3.05) is 36.1 Å². The highest BCUT2D eigenvalue weighted by Crippen LogP contribution is 2.29. The predicted molar refractivity (Wildman–Crippen MR) is 135 cm³/mol. The van der Waals surface area contributed by atoms with E-state index < -0.39 is 0 Å². The van der Waals surface area contributed by atoms with Gasteiger partial charge >= 0.3 is 6.03 Å². The molecular weight excluding hydrogens is 456 g/mol. The van der Waals surface area contributed by atoms with Crippen LogP contribution >= 0.6 is 23.5 Å². The molecular formula is C23H30N6O2S2. The molecule has 2 amide bonds. The minimum atomic E-state index is -0.0871. The number of aromatic nitrogens is 3. The summed E-state index contributed by atoms with van der Waals surface area (Å²) < 4.78 is 14.7. The van der Waals surface area contributed by atoms with Gasteiger partial charge in [0.2, 0.25) is 5.82 Å². The number of nitrogens with zero attached hydrogens (tertiary/aromatic N) is 5. The van der Waals surface area contributed by atoms with E-state index in [-0.39, 0.29) is 12.1 Å². The molecule has 1 aliphatic heterocycles. The smallest absolute Gasteiger partial charge is 0.322 e. The molecule has 176 valence electrons. The summed E-state index contributed by atoms with van der Waals surface area (Å²) in [5.41, 5.74) is 1.83. The van der Waals surface area contributed by atoms with Crippen LogP contribution in [0, 0.1) is 0 Å². The van der Waals surface area contributed by atoms with Gasteiger partial charge in [-0.1, -0.05) is 19.9 Å². The second-order valence-corrected chi connectivity index (χ2v) is 8.60. The lowest BCUT2D eigenvalue weighted by atomic mass is 10.2. The number of thioether (sulfide) groups is 1. The fourth-order valence-corrected chi connectivity index (χ4v) is 4.42. The summed E-state index contributed by atoms with van der Waals surface area (Å²) in [6.45, 7) is 8.38. The fraction of sp³-hybridized carbons (Fsp3) is 0.391. The van der Waals surface area contributed by atoms with Crippen molar-refractivity contribution < 1.29 is 9.53 Å². The van der Waals surface area contributed by atoms with Gasteiger partial charge in [0.15, 0.2) is 0 Å². The molecule has 1 atom stereocenters. The van der Waals surface area contributed by atoms with E-state index in [9.17, 15) is 4.79 Å². The molecule has 0 spiro atoms. The molecule has 3 aromatic rings. The molecule has 0 radical (unpaired) electrons. The average molecular weight is 487 g/mol. The predicted octanol–water partition coefficient (Wildman–Crippen LogP) is 5.00. The number of benzene rings is 1. The zero-order valence-electron chi connectivity index (χ0n) is 19.4. The summed E-state index contributed by atoms with van der Waals surface area (Å²) in [6.07, 6.45) is 5.50. The Hall–Kier alpha value is -2.85. The van der Waals surface area contributed by atoms with E-state index in [1.807, 2.05) is 68.3 Å². The first-order valence-corrected chi connectivity index (χ1v) is 12.9. The number of hydrogen-bond acceptors (Lipinski definition) is 8. The van der Waals surface area contributed by atoms with Crippen LogP contribution in [0.4, 0.5) is 16.3 Å².